The number of aryl methyl sites for hydroxylation is 1. The van der Waals surface area contributed by atoms with Gasteiger partial charge in [0.05, 0.1) is 7.11 Å². The van der Waals surface area contributed by atoms with E-state index in [0.29, 0.717) is 22.7 Å². The largest absolute Gasteiger partial charge is 0.497 e. The van der Waals surface area contributed by atoms with Crippen molar-refractivity contribution in [3.05, 3.63) is 65.2 Å². The highest BCUT2D eigenvalue weighted by Crippen LogP contribution is 2.33. The first-order valence-electron chi connectivity index (χ1n) is 7.45. The summed E-state index contributed by atoms with van der Waals surface area (Å²) in [7, 11) is -2.16. The molecular formula is C18H18N2O3S. The van der Waals surface area contributed by atoms with Crippen LogP contribution in [0.5, 0.6) is 5.75 Å². The van der Waals surface area contributed by atoms with Gasteiger partial charge in [0.25, 0.3) is 10.0 Å². The average molecular weight is 342 g/mol. The number of anilines is 1. The molecule has 0 bridgehead atoms. The van der Waals surface area contributed by atoms with Crippen LogP contribution in [0.2, 0.25) is 0 Å². The van der Waals surface area contributed by atoms with E-state index in [1.165, 1.54) is 0 Å². The molecule has 5 nitrogen and oxygen atoms in total. The SMILES string of the molecule is COc1ccc(C2=C(C)C(Nc3ccccc3C)=NS2(=O)=O)cc1. The number of nitrogens with zero attached hydrogens (tertiary/aromatic N) is 1. The van der Waals surface area contributed by atoms with Gasteiger partial charge in [-0.3, -0.25) is 0 Å². The number of benzene rings is 2. The highest BCUT2D eigenvalue weighted by molar-refractivity contribution is 8.00. The van der Waals surface area contributed by atoms with E-state index >= 15 is 0 Å². The first-order valence-corrected chi connectivity index (χ1v) is 8.89. The molecule has 0 unspecified atom stereocenters. The number of hydrogen-bond acceptors (Lipinski definition) is 4. The first-order chi connectivity index (χ1) is 11.4. The minimum Gasteiger partial charge on any atom is -0.497 e. The van der Waals surface area contributed by atoms with Gasteiger partial charge in [0, 0.05) is 11.3 Å². The molecule has 1 aliphatic rings. The summed E-state index contributed by atoms with van der Waals surface area (Å²) >= 11 is 0. The molecule has 2 aromatic carbocycles. The van der Waals surface area contributed by atoms with Crippen LogP contribution in [0.4, 0.5) is 5.69 Å². The third-order valence-electron chi connectivity index (χ3n) is 3.92. The summed E-state index contributed by atoms with van der Waals surface area (Å²) in [6, 6.07) is 14.6. The lowest BCUT2D eigenvalue weighted by Crippen LogP contribution is -2.12. The molecule has 1 N–H and O–H groups in total. The molecule has 0 aromatic heterocycles. The van der Waals surface area contributed by atoms with Crippen LogP contribution in [-0.4, -0.2) is 21.4 Å². The van der Waals surface area contributed by atoms with Gasteiger partial charge in [-0.1, -0.05) is 18.2 Å². The van der Waals surface area contributed by atoms with Crippen molar-refractivity contribution in [3.8, 4) is 5.75 Å². The lowest BCUT2D eigenvalue weighted by Gasteiger charge is -2.09. The first kappa shape index (κ1) is 16.3. The summed E-state index contributed by atoms with van der Waals surface area (Å²) in [5.41, 5.74) is 3.05. The molecule has 3 rings (SSSR count). The maximum atomic E-state index is 12.5. The maximum absolute atomic E-state index is 12.5. The molecule has 1 heterocycles. The van der Waals surface area contributed by atoms with Crippen LogP contribution >= 0.6 is 0 Å². The fraction of sp³-hybridized carbons (Fsp3) is 0.167. The van der Waals surface area contributed by atoms with Gasteiger partial charge in [-0.15, -0.1) is 4.40 Å². The zero-order valence-electron chi connectivity index (χ0n) is 13.7. The highest BCUT2D eigenvalue weighted by atomic mass is 32.2. The zero-order chi connectivity index (χ0) is 17.3. The molecular weight excluding hydrogens is 324 g/mol. The topological polar surface area (TPSA) is 67.8 Å². The van der Waals surface area contributed by atoms with Crippen LogP contribution in [0.1, 0.15) is 18.1 Å². The third-order valence-corrected chi connectivity index (χ3v) is 5.40. The van der Waals surface area contributed by atoms with E-state index in [4.69, 9.17) is 4.74 Å². The molecule has 6 heteroatoms. The van der Waals surface area contributed by atoms with Gasteiger partial charge in [-0.25, -0.2) is 0 Å². The molecule has 0 amide bonds. The van der Waals surface area contributed by atoms with Crippen LogP contribution < -0.4 is 10.1 Å². The van der Waals surface area contributed by atoms with E-state index < -0.39 is 10.0 Å². The highest BCUT2D eigenvalue weighted by Gasteiger charge is 2.31. The monoisotopic (exact) mass is 342 g/mol. The number of ether oxygens (including phenoxy) is 1. The number of sulfonamides is 1. The van der Waals surface area contributed by atoms with Crippen molar-refractivity contribution in [2.75, 3.05) is 12.4 Å². The van der Waals surface area contributed by atoms with E-state index in [0.717, 1.165) is 11.3 Å². The molecule has 0 saturated heterocycles. The molecule has 2 aromatic rings. The van der Waals surface area contributed by atoms with E-state index in [-0.39, 0.29) is 4.91 Å². The fourth-order valence-corrected chi connectivity index (χ4v) is 4.03. The Balaban J connectivity index is 2.01. The van der Waals surface area contributed by atoms with Crippen LogP contribution in [0, 0.1) is 6.92 Å². The second-order valence-corrected chi connectivity index (χ2v) is 7.08. The van der Waals surface area contributed by atoms with Crippen LogP contribution in [0.25, 0.3) is 4.91 Å². The van der Waals surface area contributed by atoms with Gasteiger partial charge in [0.15, 0.2) is 0 Å². The predicted molar refractivity (Wildman–Crippen MR) is 96.7 cm³/mol. The summed E-state index contributed by atoms with van der Waals surface area (Å²) in [5.74, 6) is 1.03. The molecule has 124 valence electrons. The molecule has 0 radical (unpaired) electrons. The number of rotatable bonds is 3. The number of para-hydroxylation sites is 1. The minimum atomic E-state index is -3.73. The molecule has 0 saturated carbocycles. The van der Waals surface area contributed by atoms with Gasteiger partial charge in [0.1, 0.15) is 16.5 Å². The van der Waals surface area contributed by atoms with Crippen molar-refractivity contribution in [2.24, 2.45) is 4.40 Å². The number of hydrogen-bond donors (Lipinski definition) is 1. The molecule has 24 heavy (non-hydrogen) atoms. The minimum absolute atomic E-state index is 0.223. The number of methoxy groups -OCH3 is 1. The Morgan fingerprint density at radius 3 is 2.29 bits per heavy atom. The van der Waals surface area contributed by atoms with Crippen molar-refractivity contribution >= 4 is 26.5 Å². The lowest BCUT2D eigenvalue weighted by molar-refractivity contribution is 0.415. The Bertz CT molecular complexity index is 942. The fourth-order valence-electron chi connectivity index (χ4n) is 2.60. The molecule has 0 fully saturated rings. The van der Waals surface area contributed by atoms with Crippen molar-refractivity contribution in [3.63, 3.8) is 0 Å². The van der Waals surface area contributed by atoms with E-state index in [1.807, 2.05) is 31.2 Å². The predicted octanol–water partition coefficient (Wildman–Crippen LogP) is 3.59. The van der Waals surface area contributed by atoms with Gasteiger partial charge >= 0.3 is 0 Å². The molecule has 0 atom stereocenters. The number of nitrogens with one attached hydrogen (secondary N) is 1. The standard InChI is InChI=1S/C18H18N2O3S/c1-12-6-4-5-7-16(12)19-18-13(2)17(24(21,22)20-18)14-8-10-15(23-3)11-9-14/h4-11H,1-3H3,(H,19,20). The van der Waals surface area contributed by atoms with Gasteiger partial charge < -0.3 is 10.1 Å². The Hall–Kier alpha value is -2.60. The Labute approximate surface area is 141 Å². The maximum Gasteiger partial charge on any atom is 0.285 e. The summed E-state index contributed by atoms with van der Waals surface area (Å²) < 4.78 is 34.0. The summed E-state index contributed by atoms with van der Waals surface area (Å²) in [6.45, 7) is 3.71. The van der Waals surface area contributed by atoms with Crippen molar-refractivity contribution in [1.82, 2.24) is 0 Å². The molecule has 0 spiro atoms. The van der Waals surface area contributed by atoms with Gasteiger partial charge in [-0.05, 0) is 55.3 Å². The summed E-state index contributed by atoms with van der Waals surface area (Å²) in [4.78, 5) is 0.223. The van der Waals surface area contributed by atoms with Gasteiger partial charge in [0.2, 0.25) is 0 Å². The van der Waals surface area contributed by atoms with Crippen molar-refractivity contribution in [2.45, 2.75) is 13.8 Å². The zero-order valence-corrected chi connectivity index (χ0v) is 14.5. The van der Waals surface area contributed by atoms with Crippen molar-refractivity contribution < 1.29 is 13.2 Å². The second kappa shape index (κ2) is 6.13. The summed E-state index contributed by atoms with van der Waals surface area (Å²) in [6.07, 6.45) is 0. The van der Waals surface area contributed by atoms with Crippen molar-refractivity contribution in [1.29, 1.82) is 0 Å². The number of amidine groups is 1. The molecule has 1 aliphatic heterocycles. The van der Waals surface area contributed by atoms with E-state index in [9.17, 15) is 8.42 Å². The van der Waals surface area contributed by atoms with Crippen LogP contribution in [-0.2, 0) is 10.0 Å². The van der Waals surface area contributed by atoms with Crippen LogP contribution in [0.3, 0.4) is 0 Å². The normalized spacial score (nSPS) is 16.0. The van der Waals surface area contributed by atoms with E-state index in [1.54, 1.807) is 38.3 Å². The smallest absolute Gasteiger partial charge is 0.285 e. The third kappa shape index (κ3) is 2.92. The van der Waals surface area contributed by atoms with E-state index in [2.05, 4.69) is 9.71 Å². The quantitative estimate of drug-likeness (QED) is 0.925. The Morgan fingerprint density at radius 1 is 1.00 bits per heavy atom. The second-order valence-electron chi connectivity index (χ2n) is 5.54. The Morgan fingerprint density at radius 2 is 1.67 bits per heavy atom. The average Bonchev–Trinajstić information content (AvgIpc) is 2.78. The molecule has 0 aliphatic carbocycles. The van der Waals surface area contributed by atoms with Crippen LogP contribution in [0.15, 0.2) is 58.5 Å². The Kier molecular flexibility index (Phi) is 4.15. The van der Waals surface area contributed by atoms with Gasteiger partial charge in [-0.2, -0.15) is 8.42 Å². The summed E-state index contributed by atoms with van der Waals surface area (Å²) in [5, 5.41) is 3.13. The lowest BCUT2D eigenvalue weighted by atomic mass is 10.1.